The van der Waals surface area contributed by atoms with E-state index in [1.165, 1.54) is 25.3 Å². The molecule has 2 rings (SSSR count). The highest BCUT2D eigenvalue weighted by Gasteiger charge is 2.33. The zero-order chi connectivity index (χ0) is 15.6. The summed E-state index contributed by atoms with van der Waals surface area (Å²) in [4.78, 5) is 23.5. The highest BCUT2D eigenvalue weighted by Crippen LogP contribution is 2.24. The number of nitrogens with one attached hydrogen (secondary N) is 1. The molecule has 0 aliphatic carbocycles. The van der Waals surface area contributed by atoms with Crippen molar-refractivity contribution in [3.63, 3.8) is 0 Å². The van der Waals surface area contributed by atoms with Gasteiger partial charge in [0.05, 0.1) is 35.1 Å². The van der Waals surface area contributed by atoms with Gasteiger partial charge in [0.1, 0.15) is 0 Å². The summed E-state index contributed by atoms with van der Waals surface area (Å²) in [6.45, 7) is 0. The van der Waals surface area contributed by atoms with E-state index in [1.807, 2.05) is 0 Å². The van der Waals surface area contributed by atoms with Crippen LogP contribution in [0.5, 0.6) is 0 Å². The van der Waals surface area contributed by atoms with Crippen LogP contribution in [0, 0.1) is 5.92 Å². The zero-order valence-electron chi connectivity index (χ0n) is 11.3. The topological polar surface area (TPSA) is 89.5 Å². The lowest BCUT2D eigenvalue weighted by Crippen LogP contribution is -2.23. The number of amides is 1. The summed E-state index contributed by atoms with van der Waals surface area (Å²) in [6.07, 6.45) is 0.311. The average Bonchev–Trinajstić information content (AvgIpc) is 2.80. The van der Waals surface area contributed by atoms with E-state index in [-0.39, 0.29) is 28.0 Å². The molecule has 1 aliphatic rings. The minimum Gasteiger partial charge on any atom is -0.465 e. The summed E-state index contributed by atoms with van der Waals surface area (Å²) in [5, 5.41) is 2.81. The molecule has 114 valence electrons. The van der Waals surface area contributed by atoms with E-state index in [9.17, 15) is 18.0 Å². The Kier molecular flexibility index (Phi) is 4.53. The third-order valence-corrected chi connectivity index (χ3v) is 5.34. The number of ether oxygens (including phenoxy) is 1. The number of hydrogen-bond donors (Lipinski definition) is 1. The molecule has 1 atom stereocenters. The molecule has 1 N–H and O–H groups in total. The minimum absolute atomic E-state index is 0.0269. The maximum atomic E-state index is 12.0. The van der Waals surface area contributed by atoms with Gasteiger partial charge in [-0.3, -0.25) is 4.79 Å². The van der Waals surface area contributed by atoms with E-state index in [0.29, 0.717) is 12.1 Å². The van der Waals surface area contributed by atoms with E-state index in [2.05, 4.69) is 10.1 Å². The number of carbonyl (C=O) groups is 2. The molecule has 0 bridgehead atoms. The summed E-state index contributed by atoms with van der Waals surface area (Å²) in [6, 6.07) is 4.40. The first-order chi connectivity index (χ1) is 9.82. The molecule has 1 aromatic carbocycles. The Morgan fingerprint density at radius 3 is 2.67 bits per heavy atom. The van der Waals surface area contributed by atoms with Crippen LogP contribution in [0.3, 0.4) is 0 Å². The molecule has 1 aromatic rings. The first-order valence-corrected chi connectivity index (χ1v) is 8.41. The Labute approximate surface area is 127 Å². The molecule has 0 aromatic heterocycles. The van der Waals surface area contributed by atoms with Gasteiger partial charge >= 0.3 is 5.97 Å². The van der Waals surface area contributed by atoms with Crippen molar-refractivity contribution in [3.8, 4) is 0 Å². The van der Waals surface area contributed by atoms with Crippen molar-refractivity contribution < 1.29 is 22.7 Å². The smallest absolute Gasteiger partial charge is 0.339 e. The van der Waals surface area contributed by atoms with Crippen molar-refractivity contribution >= 4 is 39.0 Å². The van der Waals surface area contributed by atoms with Gasteiger partial charge in [0.2, 0.25) is 5.91 Å². The Morgan fingerprint density at radius 1 is 1.38 bits per heavy atom. The van der Waals surface area contributed by atoms with Crippen LogP contribution >= 0.6 is 11.6 Å². The van der Waals surface area contributed by atoms with E-state index >= 15 is 0 Å². The number of halogens is 1. The predicted octanol–water partition coefficient (Wildman–Crippen LogP) is 1.50. The summed E-state index contributed by atoms with van der Waals surface area (Å²) in [5.74, 6) is -1.67. The molecular formula is C13H14ClNO5S. The number of anilines is 1. The first kappa shape index (κ1) is 15.8. The van der Waals surface area contributed by atoms with Crippen molar-refractivity contribution in [2.45, 2.75) is 6.42 Å². The lowest BCUT2D eigenvalue weighted by Gasteiger charge is -2.11. The lowest BCUT2D eigenvalue weighted by atomic mass is 10.1. The van der Waals surface area contributed by atoms with Gasteiger partial charge in [-0.25, -0.2) is 13.2 Å². The molecule has 1 amide bonds. The normalized spacial score (nSPS) is 20.0. The largest absolute Gasteiger partial charge is 0.465 e. The van der Waals surface area contributed by atoms with Crippen LogP contribution in [0.1, 0.15) is 16.8 Å². The molecular weight excluding hydrogens is 318 g/mol. The van der Waals surface area contributed by atoms with Crippen LogP contribution in [0.4, 0.5) is 5.69 Å². The molecule has 0 saturated carbocycles. The number of methoxy groups -OCH3 is 1. The van der Waals surface area contributed by atoms with Crippen LogP contribution in [0.25, 0.3) is 0 Å². The first-order valence-electron chi connectivity index (χ1n) is 6.21. The zero-order valence-corrected chi connectivity index (χ0v) is 12.8. The Morgan fingerprint density at radius 2 is 2.10 bits per heavy atom. The van der Waals surface area contributed by atoms with Gasteiger partial charge in [-0.15, -0.1) is 0 Å². The van der Waals surface area contributed by atoms with Crippen LogP contribution < -0.4 is 5.32 Å². The second kappa shape index (κ2) is 6.03. The second-order valence-electron chi connectivity index (χ2n) is 4.78. The molecule has 1 saturated heterocycles. The van der Waals surface area contributed by atoms with E-state index in [1.54, 1.807) is 0 Å². The number of esters is 1. The second-order valence-corrected chi connectivity index (χ2v) is 7.41. The third kappa shape index (κ3) is 3.74. The SMILES string of the molecule is COC(=O)c1cc(NC(=O)C2CCS(=O)(=O)C2)ccc1Cl. The predicted molar refractivity (Wildman–Crippen MR) is 78.2 cm³/mol. The molecule has 8 heteroatoms. The van der Waals surface area contributed by atoms with Crippen molar-refractivity contribution in [1.82, 2.24) is 0 Å². The van der Waals surface area contributed by atoms with Crippen LogP contribution in [0.2, 0.25) is 5.02 Å². The fourth-order valence-electron chi connectivity index (χ4n) is 2.12. The highest BCUT2D eigenvalue weighted by molar-refractivity contribution is 7.91. The molecule has 1 fully saturated rings. The molecule has 0 radical (unpaired) electrons. The van der Waals surface area contributed by atoms with Gasteiger partial charge < -0.3 is 10.1 Å². The number of carbonyl (C=O) groups excluding carboxylic acids is 2. The number of sulfone groups is 1. The van der Waals surface area contributed by atoms with E-state index < -0.39 is 21.7 Å². The maximum absolute atomic E-state index is 12.0. The Balaban J connectivity index is 2.13. The van der Waals surface area contributed by atoms with E-state index in [0.717, 1.165) is 0 Å². The highest BCUT2D eigenvalue weighted by atomic mass is 35.5. The molecule has 0 spiro atoms. The van der Waals surface area contributed by atoms with Gasteiger partial charge in [0.25, 0.3) is 0 Å². The van der Waals surface area contributed by atoms with Crippen LogP contribution in [-0.2, 0) is 19.4 Å². The van der Waals surface area contributed by atoms with Gasteiger partial charge in [-0.2, -0.15) is 0 Å². The molecule has 1 unspecified atom stereocenters. The standard InChI is InChI=1S/C13H14ClNO5S/c1-20-13(17)10-6-9(2-3-11(10)14)15-12(16)8-4-5-21(18,19)7-8/h2-3,6,8H,4-5,7H2,1H3,(H,15,16). The molecule has 21 heavy (non-hydrogen) atoms. The van der Waals surface area contributed by atoms with Crippen molar-refractivity contribution in [1.29, 1.82) is 0 Å². The number of hydrogen-bond acceptors (Lipinski definition) is 5. The van der Waals surface area contributed by atoms with Crippen molar-refractivity contribution in [3.05, 3.63) is 28.8 Å². The number of rotatable bonds is 3. The van der Waals surface area contributed by atoms with E-state index in [4.69, 9.17) is 11.6 Å². The average molecular weight is 332 g/mol. The van der Waals surface area contributed by atoms with Crippen molar-refractivity contribution in [2.24, 2.45) is 5.92 Å². The van der Waals surface area contributed by atoms with Gasteiger partial charge in [0.15, 0.2) is 9.84 Å². The molecule has 1 heterocycles. The minimum atomic E-state index is -3.12. The summed E-state index contributed by atoms with van der Waals surface area (Å²) in [5.41, 5.74) is 0.505. The Bertz CT molecular complexity index is 686. The monoisotopic (exact) mass is 331 g/mol. The fourth-order valence-corrected chi connectivity index (χ4v) is 4.05. The maximum Gasteiger partial charge on any atom is 0.339 e. The molecule has 1 aliphatic heterocycles. The Hall–Kier alpha value is -1.60. The van der Waals surface area contributed by atoms with Gasteiger partial charge in [-0.05, 0) is 24.6 Å². The summed E-state index contributed by atoms with van der Waals surface area (Å²) < 4.78 is 27.3. The summed E-state index contributed by atoms with van der Waals surface area (Å²) in [7, 11) is -1.89. The lowest BCUT2D eigenvalue weighted by molar-refractivity contribution is -0.119. The van der Waals surface area contributed by atoms with Crippen LogP contribution in [-0.4, -0.2) is 38.9 Å². The molecule has 6 nitrogen and oxygen atoms in total. The summed E-state index contributed by atoms with van der Waals surface area (Å²) >= 11 is 5.88. The van der Waals surface area contributed by atoms with Crippen molar-refractivity contribution in [2.75, 3.05) is 23.9 Å². The van der Waals surface area contributed by atoms with Gasteiger partial charge in [0, 0.05) is 5.69 Å². The fraction of sp³-hybridized carbons (Fsp3) is 0.385. The number of benzene rings is 1. The van der Waals surface area contributed by atoms with Crippen LogP contribution in [0.15, 0.2) is 18.2 Å². The van der Waals surface area contributed by atoms with Gasteiger partial charge in [-0.1, -0.05) is 11.6 Å². The third-order valence-electron chi connectivity index (χ3n) is 3.24. The quantitative estimate of drug-likeness (QED) is 0.848.